The Balaban J connectivity index is 1.42. The molecule has 0 bridgehead atoms. The monoisotopic (exact) mass is 353 g/mol. The largest absolute Gasteiger partial charge is 0.471 e. The molecule has 0 aromatic carbocycles. The number of aryl methyl sites for hydroxylation is 1. The van der Waals surface area contributed by atoms with Gasteiger partial charge in [0.25, 0.3) is 5.91 Å². The number of H-pyrrole nitrogens is 1. The minimum absolute atomic E-state index is 0.104. The van der Waals surface area contributed by atoms with Crippen LogP contribution in [0.5, 0.6) is 5.88 Å². The number of amides is 1. The summed E-state index contributed by atoms with van der Waals surface area (Å²) >= 11 is 0. The Hall–Kier alpha value is -3.16. The Morgan fingerprint density at radius 1 is 1.35 bits per heavy atom. The van der Waals surface area contributed by atoms with E-state index in [4.69, 9.17) is 9.15 Å². The second-order valence-electron chi connectivity index (χ2n) is 6.29. The highest BCUT2D eigenvalue weighted by molar-refractivity contribution is 5.93. The summed E-state index contributed by atoms with van der Waals surface area (Å²) < 4.78 is 11.2. The molecule has 1 aliphatic heterocycles. The number of furan rings is 1. The van der Waals surface area contributed by atoms with E-state index in [2.05, 4.69) is 20.4 Å². The maximum Gasteiger partial charge on any atom is 0.274 e. The number of nitrogens with one attached hydrogen (secondary N) is 1. The SMILES string of the molecule is Cc1ccc(OC2CCCN(C(=O)c3cc(-c4ccco4)[nH]n3)C2)nn1. The van der Waals surface area contributed by atoms with Gasteiger partial charge in [0.1, 0.15) is 11.8 Å². The summed E-state index contributed by atoms with van der Waals surface area (Å²) in [6, 6.07) is 8.96. The molecule has 0 aliphatic carbocycles. The maximum atomic E-state index is 12.8. The zero-order valence-corrected chi connectivity index (χ0v) is 14.4. The third-order valence-corrected chi connectivity index (χ3v) is 4.31. The van der Waals surface area contributed by atoms with Crippen LogP contribution in [0.15, 0.2) is 41.0 Å². The number of piperidine rings is 1. The smallest absolute Gasteiger partial charge is 0.274 e. The molecule has 3 aromatic heterocycles. The van der Waals surface area contributed by atoms with Gasteiger partial charge in [-0.15, -0.1) is 5.10 Å². The van der Waals surface area contributed by atoms with E-state index in [1.165, 1.54) is 0 Å². The topological polar surface area (TPSA) is 97.1 Å². The summed E-state index contributed by atoms with van der Waals surface area (Å²) in [6.45, 7) is 3.05. The second kappa shape index (κ2) is 6.99. The number of hydrogen-bond acceptors (Lipinski definition) is 6. The number of hydrogen-bond donors (Lipinski definition) is 1. The first-order valence-electron chi connectivity index (χ1n) is 8.54. The van der Waals surface area contributed by atoms with Crippen LogP contribution in [0.4, 0.5) is 0 Å². The number of carbonyl (C=O) groups is 1. The lowest BCUT2D eigenvalue weighted by Crippen LogP contribution is -2.44. The fourth-order valence-electron chi connectivity index (χ4n) is 2.99. The number of rotatable bonds is 4. The third kappa shape index (κ3) is 3.44. The first-order valence-corrected chi connectivity index (χ1v) is 8.54. The van der Waals surface area contributed by atoms with Crippen LogP contribution in [0.1, 0.15) is 29.0 Å². The van der Waals surface area contributed by atoms with E-state index in [1.807, 2.05) is 19.1 Å². The second-order valence-corrected chi connectivity index (χ2v) is 6.29. The molecule has 1 fully saturated rings. The highest BCUT2D eigenvalue weighted by atomic mass is 16.5. The van der Waals surface area contributed by atoms with Gasteiger partial charge in [0.15, 0.2) is 11.5 Å². The molecule has 1 amide bonds. The Bertz CT molecular complexity index is 873. The predicted octanol–water partition coefficient (Wildman–Crippen LogP) is 2.45. The quantitative estimate of drug-likeness (QED) is 0.774. The van der Waals surface area contributed by atoms with Gasteiger partial charge < -0.3 is 14.1 Å². The molecule has 0 spiro atoms. The van der Waals surface area contributed by atoms with Crippen LogP contribution in [-0.4, -0.2) is 50.4 Å². The fraction of sp³-hybridized carbons (Fsp3) is 0.333. The van der Waals surface area contributed by atoms with Crippen LogP contribution >= 0.6 is 0 Å². The lowest BCUT2D eigenvalue weighted by atomic mass is 10.1. The highest BCUT2D eigenvalue weighted by Gasteiger charge is 2.27. The zero-order chi connectivity index (χ0) is 17.9. The molecule has 134 valence electrons. The average molecular weight is 353 g/mol. The molecule has 3 aromatic rings. The van der Waals surface area contributed by atoms with Crippen molar-refractivity contribution < 1.29 is 13.9 Å². The summed E-state index contributed by atoms with van der Waals surface area (Å²) in [7, 11) is 0. The number of carbonyl (C=O) groups excluding carboxylic acids is 1. The van der Waals surface area contributed by atoms with Crippen molar-refractivity contribution in [1.29, 1.82) is 0 Å². The van der Waals surface area contributed by atoms with E-state index in [-0.39, 0.29) is 12.0 Å². The normalized spacial score (nSPS) is 17.3. The molecule has 26 heavy (non-hydrogen) atoms. The molecule has 4 heterocycles. The van der Waals surface area contributed by atoms with Gasteiger partial charge in [0.2, 0.25) is 5.88 Å². The molecule has 1 aliphatic rings. The molecular weight excluding hydrogens is 334 g/mol. The molecule has 0 saturated carbocycles. The van der Waals surface area contributed by atoms with Crippen molar-refractivity contribution in [3.8, 4) is 17.3 Å². The van der Waals surface area contributed by atoms with Crippen LogP contribution in [0.3, 0.4) is 0 Å². The number of likely N-dealkylation sites (tertiary alicyclic amines) is 1. The van der Waals surface area contributed by atoms with Gasteiger partial charge >= 0.3 is 0 Å². The van der Waals surface area contributed by atoms with E-state index < -0.39 is 0 Å². The predicted molar refractivity (Wildman–Crippen MR) is 92.6 cm³/mol. The van der Waals surface area contributed by atoms with Gasteiger partial charge in [-0.25, -0.2) is 0 Å². The van der Waals surface area contributed by atoms with Gasteiger partial charge in [-0.3, -0.25) is 9.89 Å². The number of aromatic nitrogens is 4. The fourth-order valence-corrected chi connectivity index (χ4v) is 2.99. The van der Waals surface area contributed by atoms with E-state index in [0.717, 1.165) is 18.5 Å². The minimum Gasteiger partial charge on any atom is -0.471 e. The highest BCUT2D eigenvalue weighted by Crippen LogP contribution is 2.21. The number of aromatic amines is 1. The van der Waals surface area contributed by atoms with Crippen molar-refractivity contribution in [2.45, 2.75) is 25.9 Å². The first-order chi connectivity index (χ1) is 12.7. The molecule has 1 atom stereocenters. The maximum absolute atomic E-state index is 12.8. The van der Waals surface area contributed by atoms with Gasteiger partial charge in [0.05, 0.1) is 18.5 Å². The molecule has 0 radical (unpaired) electrons. The standard InChI is InChI=1S/C18H19N5O3/c1-12-6-7-17(22-19-12)26-13-4-2-8-23(11-13)18(24)15-10-14(20-21-15)16-5-3-9-25-16/h3,5-7,9-10,13H,2,4,8,11H2,1H3,(H,20,21). The minimum atomic E-state index is -0.123. The Labute approximate surface area is 150 Å². The Morgan fingerprint density at radius 2 is 2.27 bits per heavy atom. The van der Waals surface area contributed by atoms with Crippen molar-refractivity contribution in [1.82, 2.24) is 25.3 Å². The lowest BCUT2D eigenvalue weighted by molar-refractivity contribution is 0.0520. The third-order valence-electron chi connectivity index (χ3n) is 4.31. The van der Waals surface area contributed by atoms with Crippen molar-refractivity contribution >= 4 is 5.91 Å². The summed E-state index contributed by atoms with van der Waals surface area (Å²) in [5, 5.41) is 15.0. The zero-order valence-electron chi connectivity index (χ0n) is 14.4. The molecule has 8 heteroatoms. The first kappa shape index (κ1) is 16.3. The van der Waals surface area contributed by atoms with Crippen LogP contribution < -0.4 is 4.74 Å². The lowest BCUT2D eigenvalue weighted by Gasteiger charge is -2.32. The molecule has 1 unspecified atom stereocenters. The Kier molecular flexibility index (Phi) is 4.39. The van der Waals surface area contributed by atoms with E-state index in [9.17, 15) is 4.79 Å². The Morgan fingerprint density at radius 3 is 3.04 bits per heavy atom. The van der Waals surface area contributed by atoms with Gasteiger partial charge in [-0.05, 0) is 38.0 Å². The average Bonchev–Trinajstić information content (AvgIpc) is 3.35. The molecule has 8 nitrogen and oxygen atoms in total. The summed E-state index contributed by atoms with van der Waals surface area (Å²) in [5.74, 6) is 1.01. The van der Waals surface area contributed by atoms with Crippen molar-refractivity contribution in [2.24, 2.45) is 0 Å². The molecular formula is C18H19N5O3. The van der Waals surface area contributed by atoms with E-state index in [0.29, 0.717) is 36.1 Å². The van der Waals surface area contributed by atoms with E-state index >= 15 is 0 Å². The molecule has 1 N–H and O–H groups in total. The number of nitrogens with zero attached hydrogens (tertiary/aromatic N) is 4. The summed E-state index contributed by atoms with van der Waals surface area (Å²) in [5.41, 5.74) is 1.88. The van der Waals surface area contributed by atoms with Crippen LogP contribution in [0.25, 0.3) is 11.5 Å². The van der Waals surface area contributed by atoms with Crippen molar-refractivity contribution in [2.75, 3.05) is 13.1 Å². The van der Waals surface area contributed by atoms with Crippen LogP contribution in [0, 0.1) is 6.92 Å². The van der Waals surface area contributed by atoms with Crippen LogP contribution in [-0.2, 0) is 0 Å². The summed E-state index contributed by atoms with van der Waals surface area (Å²) in [4.78, 5) is 14.5. The van der Waals surface area contributed by atoms with Crippen molar-refractivity contribution in [3.05, 3.63) is 48.0 Å². The van der Waals surface area contributed by atoms with Crippen molar-refractivity contribution in [3.63, 3.8) is 0 Å². The van der Waals surface area contributed by atoms with E-state index in [1.54, 1.807) is 29.4 Å². The summed E-state index contributed by atoms with van der Waals surface area (Å²) in [6.07, 6.45) is 3.22. The number of ether oxygens (including phenoxy) is 1. The van der Waals surface area contributed by atoms with Gasteiger partial charge in [0, 0.05) is 18.7 Å². The van der Waals surface area contributed by atoms with Crippen LogP contribution in [0.2, 0.25) is 0 Å². The molecule has 4 rings (SSSR count). The van der Waals surface area contributed by atoms with Gasteiger partial charge in [-0.1, -0.05) is 0 Å². The van der Waals surface area contributed by atoms with Gasteiger partial charge in [-0.2, -0.15) is 10.2 Å². The molecule has 1 saturated heterocycles.